The molecule has 32 heavy (non-hydrogen) atoms. The number of allylic oxidation sites excluding steroid dienone is 1. The van der Waals surface area contributed by atoms with Crippen molar-refractivity contribution in [1.29, 1.82) is 0 Å². The Morgan fingerprint density at radius 3 is 2.31 bits per heavy atom. The zero-order valence-electron chi connectivity index (χ0n) is 18.0. The van der Waals surface area contributed by atoms with E-state index in [9.17, 15) is 9.59 Å². The standard InChI is InChI=1S/C23H28N2O7/c1-16(22(27)25-29)4-3-5-21(17-6-10-20(11-7-17)31-15-14-26)32-23(28)24-18-8-12-19(30-2)13-9-18/h4,6-13,21,26,29H,3,5,14-15H2,1-2H3,(H,24,28)(H,25,27)/b16-4+/t21-/m0/s1. The molecule has 0 radical (unpaired) electrons. The van der Waals surface area contributed by atoms with E-state index in [1.807, 2.05) is 0 Å². The number of methoxy groups -OCH3 is 1. The number of hydrogen-bond acceptors (Lipinski definition) is 7. The lowest BCUT2D eigenvalue weighted by atomic mass is 10.0. The van der Waals surface area contributed by atoms with E-state index in [1.54, 1.807) is 74.1 Å². The number of benzene rings is 2. The molecular formula is C23H28N2O7. The van der Waals surface area contributed by atoms with Gasteiger partial charge in [0.2, 0.25) is 0 Å². The number of anilines is 1. The van der Waals surface area contributed by atoms with Crippen LogP contribution in [-0.4, -0.2) is 42.6 Å². The fourth-order valence-electron chi connectivity index (χ4n) is 2.82. The SMILES string of the molecule is COc1ccc(NC(=O)O[C@@H](CC/C=C(\C)C(=O)NO)c2ccc(OCCO)cc2)cc1. The Morgan fingerprint density at radius 2 is 1.72 bits per heavy atom. The maximum absolute atomic E-state index is 12.5. The summed E-state index contributed by atoms with van der Waals surface area (Å²) >= 11 is 0. The van der Waals surface area contributed by atoms with Gasteiger partial charge in [0.1, 0.15) is 24.2 Å². The average molecular weight is 444 g/mol. The summed E-state index contributed by atoms with van der Waals surface area (Å²) in [5, 5.41) is 20.3. The van der Waals surface area contributed by atoms with Gasteiger partial charge in [0.05, 0.1) is 13.7 Å². The van der Waals surface area contributed by atoms with Crippen molar-refractivity contribution < 1.29 is 34.1 Å². The second kappa shape index (κ2) is 13.0. The summed E-state index contributed by atoms with van der Waals surface area (Å²) in [6, 6.07) is 13.8. The molecule has 9 nitrogen and oxygen atoms in total. The summed E-state index contributed by atoms with van der Waals surface area (Å²) in [5.74, 6) is 0.657. The Kier molecular flexibility index (Phi) is 10.0. The minimum absolute atomic E-state index is 0.0911. The number of hydroxylamine groups is 1. The first kappa shape index (κ1) is 24.7. The van der Waals surface area contributed by atoms with Crippen LogP contribution in [0.3, 0.4) is 0 Å². The Balaban J connectivity index is 2.09. The lowest BCUT2D eigenvalue weighted by Crippen LogP contribution is -2.19. The number of carbonyl (C=O) groups excluding carboxylic acids is 2. The van der Waals surface area contributed by atoms with E-state index in [2.05, 4.69) is 5.32 Å². The van der Waals surface area contributed by atoms with E-state index in [4.69, 9.17) is 24.5 Å². The molecule has 9 heteroatoms. The first-order valence-electron chi connectivity index (χ1n) is 10.0. The Hall–Kier alpha value is -3.56. The molecule has 0 aliphatic rings. The molecule has 0 saturated heterocycles. The first-order chi connectivity index (χ1) is 15.5. The molecule has 0 aromatic heterocycles. The van der Waals surface area contributed by atoms with Crippen LogP contribution in [0, 0.1) is 0 Å². The summed E-state index contributed by atoms with van der Waals surface area (Å²) < 4.78 is 16.1. The normalized spacial score (nSPS) is 11.9. The van der Waals surface area contributed by atoms with Crippen LogP contribution >= 0.6 is 0 Å². The van der Waals surface area contributed by atoms with Crippen LogP contribution in [0.1, 0.15) is 31.4 Å². The van der Waals surface area contributed by atoms with Gasteiger partial charge in [-0.2, -0.15) is 0 Å². The maximum atomic E-state index is 12.5. The van der Waals surface area contributed by atoms with E-state index in [0.29, 0.717) is 35.6 Å². The van der Waals surface area contributed by atoms with Crippen molar-refractivity contribution in [1.82, 2.24) is 5.48 Å². The van der Waals surface area contributed by atoms with Crippen molar-refractivity contribution in [2.24, 2.45) is 0 Å². The van der Waals surface area contributed by atoms with Crippen LogP contribution < -0.4 is 20.3 Å². The van der Waals surface area contributed by atoms with Crippen LogP contribution in [0.5, 0.6) is 11.5 Å². The molecule has 4 N–H and O–H groups in total. The molecule has 0 fully saturated rings. The van der Waals surface area contributed by atoms with Gasteiger partial charge in [-0.25, -0.2) is 10.3 Å². The van der Waals surface area contributed by atoms with Gasteiger partial charge in [0.25, 0.3) is 5.91 Å². The van der Waals surface area contributed by atoms with Crippen molar-refractivity contribution in [3.63, 3.8) is 0 Å². The quantitative estimate of drug-likeness (QED) is 0.237. The largest absolute Gasteiger partial charge is 0.497 e. The predicted molar refractivity (Wildman–Crippen MR) is 118 cm³/mol. The zero-order chi connectivity index (χ0) is 23.3. The molecule has 0 unspecified atom stereocenters. The molecule has 0 bridgehead atoms. The van der Waals surface area contributed by atoms with Gasteiger partial charge in [-0.3, -0.25) is 15.3 Å². The fourth-order valence-corrected chi connectivity index (χ4v) is 2.82. The smallest absolute Gasteiger partial charge is 0.412 e. The van der Waals surface area contributed by atoms with Gasteiger partial charge in [0.15, 0.2) is 0 Å². The zero-order valence-corrected chi connectivity index (χ0v) is 18.0. The third-order valence-electron chi connectivity index (χ3n) is 4.54. The topological polar surface area (TPSA) is 126 Å². The van der Waals surface area contributed by atoms with Crippen molar-refractivity contribution in [3.05, 3.63) is 65.7 Å². The van der Waals surface area contributed by atoms with Gasteiger partial charge in [-0.05, 0) is 61.7 Å². The monoisotopic (exact) mass is 444 g/mol. The number of aliphatic hydroxyl groups excluding tert-OH is 1. The van der Waals surface area contributed by atoms with E-state index < -0.39 is 18.1 Å². The lowest BCUT2D eigenvalue weighted by molar-refractivity contribution is -0.125. The summed E-state index contributed by atoms with van der Waals surface area (Å²) in [5.41, 5.74) is 3.22. The predicted octanol–water partition coefficient (Wildman–Crippen LogP) is 3.59. The molecule has 0 aliphatic heterocycles. The van der Waals surface area contributed by atoms with E-state index >= 15 is 0 Å². The molecule has 1 atom stereocenters. The van der Waals surface area contributed by atoms with Crippen LogP contribution in [0.15, 0.2) is 60.2 Å². The Labute approximate surface area is 186 Å². The molecular weight excluding hydrogens is 416 g/mol. The molecule has 2 amide bonds. The number of aliphatic hydroxyl groups is 1. The van der Waals surface area contributed by atoms with Gasteiger partial charge in [-0.15, -0.1) is 0 Å². The highest BCUT2D eigenvalue weighted by molar-refractivity contribution is 5.91. The summed E-state index contributed by atoms with van der Waals surface area (Å²) in [4.78, 5) is 23.9. The number of nitrogens with one attached hydrogen (secondary N) is 2. The van der Waals surface area contributed by atoms with Gasteiger partial charge in [-0.1, -0.05) is 18.2 Å². The molecule has 172 valence electrons. The third kappa shape index (κ3) is 7.93. The maximum Gasteiger partial charge on any atom is 0.412 e. The van der Waals surface area contributed by atoms with Crippen molar-refractivity contribution in [2.45, 2.75) is 25.9 Å². The van der Waals surface area contributed by atoms with Crippen LogP contribution in [0.4, 0.5) is 10.5 Å². The molecule has 0 spiro atoms. The summed E-state index contributed by atoms with van der Waals surface area (Å²) in [6.07, 6.45) is 1.27. The molecule has 2 rings (SSSR count). The second-order valence-electron chi connectivity index (χ2n) is 6.79. The highest BCUT2D eigenvalue weighted by atomic mass is 16.6. The highest BCUT2D eigenvalue weighted by Crippen LogP contribution is 2.26. The lowest BCUT2D eigenvalue weighted by Gasteiger charge is -2.19. The number of hydrogen-bond donors (Lipinski definition) is 4. The van der Waals surface area contributed by atoms with Crippen molar-refractivity contribution >= 4 is 17.7 Å². The molecule has 0 aliphatic carbocycles. The van der Waals surface area contributed by atoms with Crippen LogP contribution in [-0.2, 0) is 9.53 Å². The van der Waals surface area contributed by atoms with E-state index in [-0.39, 0.29) is 13.2 Å². The minimum atomic E-state index is -0.630. The van der Waals surface area contributed by atoms with E-state index in [1.165, 1.54) is 0 Å². The van der Waals surface area contributed by atoms with Crippen molar-refractivity contribution in [3.8, 4) is 11.5 Å². The summed E-state index contributed by atoms with van der Waals surface area (Å²) in [6.45, 7) is 1.66. The van der Waals surface area contributed by atoms with Crippen LogP contribution in [0.2, 0.25) is 0 Å². The van der Waals surface area contributed by atoms with Gasteiger partial charge >= 0.3 is 6.09 Å². The average Bonchev–Trinajstić information content (AvgIpc) is 2.82. The second-order valence-corrected chi connectivity index (χ2v) is 6.79. The minimum Gasteiger partial charge on any atom is -0.497 e. The van der Waals surface area contributed by atoms with Gasteiger partial charge in [0, 0.05) is 11.3 Å². The summed E-state index contributed by atoms with van der Waals surface area (Å²) in [7, 11) is 1.56. The van der Waals surface area contributed by atoms with E-state index in [0.717, 1.165) is 5.56 Å². The fraction of sp³-hybridized carbons (Fsp3) is 0.304. The van der Waals surface area contributed by atoms with Crippen molar-refractivity contribution in [2.75, 3.05) is 25.6 Å². The molecule has 2 aromatic carbocycles. The molecule has 0 saturated carbocycles. The highest BCUT2D eigenvalue weighted by Gasteiger charge is 2.17. The molecule has 0 heterocycles. The third-order valence-corrected chi connectivity index (χ3v) is 4.54. The number of ether oxygens (including phenoxy) is 3. The molecule has 2 aromatic rings. The first-order valence-corrected chi connectivity index (χ1v) is 10.0. The van der Waals surface area contributed by atoms with Crippen LogP contribution in [0.25, 0.3) is 0 Å². The Morgan fingerprint density at radius 1 is 1.06 bits per heavy atom. The van der Waals surface area contributed by atoms with Gasteiger partial charge < -0.3 is 19.3 Å². The Bertz CT molecular complexity index is 896. The number of rotatable bonds is 11. The number of carbonyl (C=O) groups is 2. The number of amides is 2.